The van der Waals surface area contributed by atoms with Crippen LogP contribution in [0.5, 0.6) is 0 Å². The highest BCUT2D eigenvalue weighted by molar-refractivity contribution is 5.90. The van der Waals surface area contributed by atoms with Crippen molar-refractivity contribution in [3.63, 3.8) is 0 Å². The molecule has 0 heterocycles. The first-order chi connectivity index (χ1) is 6.93. The van der Waals surface area contributed by atoms with Gasteiger partial charge in [-0.1, -0.05) is 0 Å². The average Bonchev–Trinajstić information content (AvgIpc) is 2.14. The van der Waals surface area contributed by atoms with E-state index in [2.05, 4.69) is 5.73 Å². The molecule has 0 fully saturated rings. The van der Waals surface area contributed by atoms with Gasteiger partial charge < -0.3 is 5.73 Å². The van der Waals surface area contributed by atoms with Crippen molar-refractivity contribution in [2.45, 2.75) is 0 Å². The predicted molar refractivity (Wildman–Crippen MR) is 44.5 cm³/mol. The maximum Gasteiger partial charge on any atom is 0.241 e. The molecule has 0 atom stereocenters. The summed E-state index contributed by atoms with van der Waals surface area (Å²) in [5.74, 6) is -7.23. The Kier molecular flexibility index (Phi) is 3.08. The van der Waals surface area contributed by atoms with Crippen molar-refractivity contribution in [1.82, 2.24) is 0 Å². The van der Waals surface area contributed by atoms with Crippen LogP contribution in [0.25, 0.3) is 6.08 Å². The topological polar surface area (TPSA) is 43.1 Å². The first-order valence-corrected chi connectivity index (χ1v) is 3.74. The van der Waals surface area contributed by atoms with Crippen LogP contribution in [0.2, 0.25) is 0 Å². The van der Waals surface area contributed by atoms with Gasteiger partial charge in [-0.25, -0.2) is 17.6 Å². The highest BCUT2D eigenvalue weighted by Crippen LogP contribution is 2.20. The molecule has 1 aromatic rings. The Hall–Kier alpha value is -1.85. The molecule has 1 amide bonds. The van der Waals surface area contributed by atoms with E-state index in [-0.39, 0.29) is 6.07 Å². The Bertz CT molecular complexity index is 416. The lowest BCUT2D eigenvalue weighted by Crippen LogP contribution is -2.06. The third-order valence-electron chi connectivity index (χ3n) is 1.56. The van der Waals surface area contributed by atoms with Crippen molar-refractivity contribution in [1.29, 1.82) is 0 Å². The fourth-order valence-corrected chi connectivity index (χ4v) is 0.903. The summed E-state index contributed by atoms with van der Waals surface area (Å²) >= 11 is 0. The van der Waals surface area contributed by atoms with Crippen LogP contribution in [0.1, 0.15) is 5.56 Å². The van der Waals surface area contributed by atoms with E-state index in [0.717, 1.165) is 0 Å². The van der Waals surface area contributed by atoms with E-state index in [1.54, 1.807) is 0 Å². The van der Waals surface area contributed by atoms with Crippen molar-refractivity contribution in [3.05, 3.63) is 41.0 Å². The molecule has 1 rings (SSSR count). The molecule has 0 saturated heterocycles. The van der Waals surface area contributed by atoms with E-state index in [9.17, 15) is 22.4 Å². The predicted octanol–water partition coefficient (Wildman–Crippen LogP) is 1.74. The van der Waals surface area contributed by atoms with Crippen molar-refractivity contribution >= 4 is 12.0 Å². The van der Waals surface area contributed by atoms with Crippen LogP contribution in [0.15, 0.2) is 12.1 Å². The fourth-order valence-electron chi connectivity index (χ4n) is 0.903. The zero-order chi connectivity index (χ0) is 11.6. The van der Waals surface area contributed by atoms with E-state index < -0.39 is 34.7 Å². The SMILES string of the molecule is NC(=O)/C=C/c1c(F)c(F)cc(F)c1F. The first kappa shape index (κ1) is 11.2. The number of hydrogen-bond donors (Lipinski definition) is 1. The van der Waals surface area contributed by atoms with E-state index in [1.807, 2.05) is 0 Å². The molecule has 0 spiro atoms. The van der Waals surface area contributed by atoms with Crippen LogP contribution >= 0.6 is 0 Å². The molecule has 0 radical (unpaired) electrons. The standard InChI is InChI=1S/C9H5F4NO/c10-5-3-6(11)9(13)4(8(5)12)1-2-7(14)15/h1-3H,(H2,14,15)/b2-1+. The van der Waals surface area contributed by atoms with E-state index in [0.29, 0.717) is 12.2 Å². The zero-order valence-corrected chi connectivity index (χ0v) is 7.23. The summed E-state index contributed by atoms with van der Waals surface area (Å²) in [4.78, 5) is 10.3. The molecule has 0 saturated carbocycles. The molecule has 0 aromatic heterocycles. The molecule has 0 bridgehead atoms. The molecule has 0 aliphatic heterocycles. The molecular formula is C9H5F4NO. The number of amides is 1. The van der Waals surface area contributed by atoms with Crippen molar-refractivity contribution < 1.29 is 22.4 Å². The molecule has 0 aliphatic carbocycles. The zero-order valence-electron chi connectivity index (χ0n) is 7.23. The Balaban J connectivity index is 3.33. The van der Waals surface area contributed by atoms with Gasteiger partial charge in [-0.05, 0) is 6.08 Å². The minimum atomic E-state index is -1.58. The third-order valence-corrected chi connectivity index (χ3v) is 1.56. The lowest BCUT2D eigenvalue weighted by Gasteiger charge is -2.01. The number of rotatable bonds is 2. The highest BCUT2D eigenvalue weighted by atomic mass is 19.2. The lowest BCUT2D eigenvalue weighted by molar-refractivity contribution is -0.113. The van der Waals surface area contributed by atoms with Gasteiger partial charge in [0.25, 0.3) is 0 Å². The number of halogens is 4. The van der Waals surface area contributed by atoms with Crippen LogP contribution in [-0.2, 0) is 4.79 Å². The molecule has 80 valence electrons. The van der Waals surface area contributed by atoms with Gasteiger partial charge in [-0.3, -0.25) is 4.79 Å². The maximum atomic E-state index is 12.9. The number of benzene rings is 1. The van der Waals surface area contributed by atoms with E-state index in [1.165, 1.54) is 0 Å². The molecule has 0 aliphatic rings. The van der Waals surface area contributed by atoms with Crippen LogP contribution in [0.4, 0.5) is 17.6 Å². The summed E-state index contributed by atoms with van der Waals surface area (Å²) in [5.41, 5.74) is 3.68. The minimum absolute atomic E-state index is 0.0757. The lowest BCUT2D eigenvalue weighted by atomic mass is 10.1. The Labute approximate surface area is 82.0 Å². The monoisotopic (exact) mass is 219 g/mol. The van der Waals surface area contributed by atoms with Gasteiger partial charge >= 0.3 is 0 Å². The van der Waals surface area contributed by atoms with Crippen LogP contribution < -0.4 is 5.73 Å². The third kappa shape index (κ3) is 2.34. The summed E-state index contributed by atoms with van der Waals surface area (Å²) in [6, 6.07) is 0.0757. The maximum absolute atomic E-state index is 12.9. The van der Waals surface area contributed by atoms with E-state index in [4.69, 9.17) is 0 Å². The number of carbonyl (C=O) groups excluding carboxylic acids is 1. The minimum Gasteiger partial charge on any atom is -0.366 e. The summed E-state index contributed by atoms with van der Waals surface area (Å²) in [5, 5.41) is 0. The smallest absolute Gasteiger partial charge is 0.241 e. The van der Waals surface area contributed by atoms with Crippen molar-refractivity contribution in [2.24, 2.45) is 5.73 Å². The average molecular weight is 219 g/mol. The van der Waals surface area contributed by atoms with Gasteiger partial charge in [0.2, 0.25) is 5.91 Å². The summed E-state index contributed by atoms with van der Waals surface area (Å²) < 4.78 is 51.0. The molecule has 2 nitrogen and oxygen atoms in total. The number of hydrogen-bond acceptors (Lipinski definition) is 1. The Morgan fingerprint density at radius 1 is 1.13 bits per heavy atom. The molecule has 15 heavy (non-hydrogen) atoms. The molecule has 0 unspecified atom stereocenters. The van der Waals surface area contributed by atoms with Crippen LogP contribution in [0.3, 0.4) is 0 Å². The highest BCUT2D eigenvalue weighted by Gasteiger charge is 2.16. The fraction of sp³-hybridized carbons (Fsp3) is 0. The number of nitrogens with two attached hydrogens (primary N) is 1. The first-order valence-electron chi connectivity index (χ1n) is 3.74. The summed E-state index contributed by atoms with van der Waals surface area (Å²) in [6.45, 7) is 0. The second kappa shape index (κ2) is 4.12. The van der Waals surface area contributed by atoms with Crippen LogP contribution in [-0.4, -0.2) is 5.91 Å². The van der Waals surface area contributed by atoms with Crippen molar-refractivity contribution in [2.75, 3.05) is 0 Å². The second-order valence-corrected chi connectivity index (χ2v) is 2.62. The molecule has 2 N–H and O–H groups in total. The normalized spacial score (nSPS) is 10.9. The summed E-state index contributed by atoms with van der Waals surface area (Å²) in [6.07, 6.45) is 1.17. The van der Waals surface area contributed by atoms with Gasteiger partial charge in [0.05, 0.1) is 5.56 Å². The second-order valence-electron chi connectivity index (χ2n) is 2.62. The van der Waals surface area contributed by atoms with Gasteiger partial charge in [-0.2, -0.15) is 0 Å². The Morgan fingerprint density at radius 2 is 1.60 bits per heavy atom. The van der Waals surface area contributed by atoms with E-state index >= 15 is 0 Å². The number of primary amides is 1. The molecule has 1 aromatic carbocycles. The Morgan fingerprint density at radius 3 is 2.00 bits per heavy atom. The summed E-state index contributed by atoms with van der Waals surface area (Å²) in [7, 11) is 0. The van der Waals surface area contributed by atoms with Gasteiger partial charge in [0.1, 0.15) is 0 Å². The molecule has 6 heteroatoms. The largest absolute Gasteiger partial charge is 0.366 e. The van der Waals surface area contributed by atoms with Crippen LogP contribution in [0, 0.1) is 23.3 Å². The van der Waals surface area contributed by atoms with Gasteiger partial charge in [0, 0.05) is 12.1 Å². The number of carbonyl (C=O) groups is 1. The quantitative estimate of drug-likeness (QED) is 0.459. The van der Waals surface area contributed by atoms with Gasteiger partial charge in [0.15, 0.2) is 23.3 Å². The molecular weight excluding hydrogens is 214 g/mol. The van der Waals surface area contributed by atoms with Gasteiger partial charge in [-0.15, -0.1) is 0 Å². The van der Waals surface area contributed by atoms with Crippen molar-refractivity contribution in [3.8, 4) is 0 Å².